The van der Waals surface area contributed by atoms with Crippen molar-refractivity contribution >= 4 is 64.4 Å². The molecular formula is C9H7Cl2N5S2. The maximum Gasteiger partial charge on any atom is 0.224 e. The van der Waals surface area contributed by atoms with E-state index >= 15 is 0 Å². The molecule has 0 unspecified atom stereocenters. The Morgan fingerprint density at radius 1 is 1.17 bits per heavy atom. The average Bonchev–Trinajstić information content (AvgIpc) is 2.69. The predicted octanol–water partition coefficient (Wildman–Crippen LogP) is 3.58. The van der Waals surface area contributed by atoms with Crippen LogP contribution in [0.15, 0.2) is 18.2 Å². The molecule has 0 aliphatic carbocycles. The lowest BCUT2D eigenvalue weighted by Gasteiger charge is -2.08. The number of hydrogen-bond acceptors (Lipinski definition) is 3. The Morgan fingerprint density at radius 2 is 1.94 bits per heavy atom. The number of aromatic amines is 2. The van der Waals surface area contributed by atoms with Gasteiger partial charge in [-0.3, -0.25) is 10.2 Å². The van der Waals surface area contributed by atoms with Gasteiger partial charge < -0.3 is 10.6 Å². The number of benzene rings is 1. The minimum atomic E-state index is 0.342. The van der Waals surface area contributed by atoms with Gasteiger partial charge in [0.25, 0.3) is 0 Å². The number of anilines is 2. The van der Waals surface area contributed by atoms with E-state index in [1.807, 2.05) is 0 Å². The zero-order chi connectivity index (χ0) is 13.1. The summed E-state index contributed by atoms with van der Waals surface area (Å²) in [7, 11) is 0. The fourth-order valence-electron chi connectivity index (χ4n) is 1.17. The van der Waals surface area contributed by atoms with Crippen LogP contribution in [0.5, 0.6) is 0 Å². The molecule has 4 N–H and O–H groups in total. The van der Waals surface area contributed by atoms with Gasteiger partial charge in [-0.2, -0.15) is 4.98 Å². The first-order chi connectivity index (χ1) is 8.54. The number of nitrogens with one attached hydrogen (secondary N) is 4. The first-order valence-corrected chi connectivity index (χ1v) is 6.29. The summed E-state index contributed by atoms with van der Waals surface area (Å²) >= 11 is 21.6. The van der Waals surface area contributed by atoms with Gasteiger partial charge in [0.15, 0.2) is 5.11 Å². The topological polar surface area (TPSA) is 68.5 Å². The lowest BCUT2D eigenvalue weighted by atomic mass is 10.3. The van der Waals surface area contributed by atoms with Gasteiger partial charge in [0.1, 0.15) is 0 Å². The van der Waals surface area contributed by atoms with Crippen LogP contribution in [0, 0.1) is 4.77 Å². The van der Waals surface area contributed by atoms with Crippen LogP contribution in [0.1, 0.15) is 0 Å². The third-order valence-electron chi connectivity index (χ3n) is 1.91. The molecule has 1 aromatic heterocycles. The van der Waals surface area contributed by atoms with E-state index in [9.17, 15) is 0 Å². The van der Waals surface area contributed by atoms with Gasteiger partial charge in [-0.15, -0.1) is 0 Å². The van der Waals surface area contributed by atoms with E-state index in [0.29, 0.717) is 25.9 Å². The normalized spacial score (nSPS) is 10.1. The van der Waals surface area contributed by atoms with E-state index in [1.165, 1.54) is 0 Å². The molecule has 0 radical (unpaired) electrons. The first-order valence-electron chi connectivity index (χ1n) is 4.72. The van der Waals surface area contributed by atoms with Gasteiger partial charge in [0.2, 0.25) is 10.7 Å². The van der Waals surface area contributed by atoms with Crippen molar-refractivity contribution in [2.45, 2.75) is 0 Å². The first kappa shape index (κ1) is 13.3. The van der Waals surface area contributed by atoms with Gasteiger partial charge in [-0.05, 0) is 42.6 Å². The second-order valence-electron chi connectivity index (χ2n) is 3.22. The number of nitrogens with zero attached hydrogens (tertiary/aromatic N) is 1. The van der Waals surface area contributed by atoms with E-state index in [-0.39, 0.29) is 0 Å². The third-order valence-corrected chi connectivity index (χ3v) is 3.05. The summed E-state index contributed by atoms with van der Waals surface area (Å²) in [6.45, 7) is 0. The zero-order valence-corrected chi connectivity index (χ0v) is 11.9. The maximum atomic E-state index is 5.89. The molecule has 1 aromatic carbocycles. The largest absolute Gasteiger partial charge is 0.332 e. The van der Waals surface area contributed by atoms with Crippen LogP contribution in [0.3, 0.4) is 0 Å². The Kier molecular flexibility index (Phi) is 4.18. The Balaban J connectivity index is 2.02. The lowest BCUT2D eigenvalue weighted by molar-refractivity contribution is 1.08. The van der Waals surface area contributed by atoms with Crippen molar-refractivity contribution in [3.05, 3.63) is 33.0 Å². The molecule has 0 spiro atoms. The van der Waals surface area contributed by atoms with Crippen LogP contribution >= 0.6 is 47.6 Å². The fraction of sp³-hybridized carbons (Fsp3) is 0. The number of rotatable bonds is 2. The summed E-state index contributed by atoms with van der Waals surface area (Å²) in [5, 5.41) is 12.4. The van der Waals surface area contributed by atoms with Crippen LogP contribution in [0.2, 0.25) is 10.0 Å². The van der Waals surface area contributed by atoms with E-state index in [2.05, 4.69) is 25.8 Å². The highest BCUT2D eigenvalue weighted by Gasteiger charge is 2.03. The van der Waals surface area contributed by atoms with Crippen molar-refractivity contribution in [3.63, 3.8) is 0 Å². The molecule has 0 atom stereocenters. The molecule has 0 bridgehead atoms. The Bertz CT molecular complexity index is 636. The lowest BCUT2D eigenvalue weighted by Crippen LogP contribution is -2.19. The van der Waals surface area contributed by atoms with Crippen LogP contribution in [0.4, 0.5) is 11.6 Å². The molecule has 0 amide bonds. The highest BCUT2D eigenvalue weighted by molar-refractivity contribution is 7.80. The second-order valence-corrected chi connectivity index (χ2v) is 4.83. The molecule has 0 fully saturated rings. The maximum absolute atomic E-state index is 5.89. The van der Waals surface area contributed by atoms with Crippen molar-refractivity contribution in [1.29, 1.82) is 0 Å². The molecule has 1 heterocycles. The molecule has 2 rings (SSSR count). The van der Waals surface area contributed by atoms with Crippen LogP contribution in [-0.4, -0.2) is 20.3 Å². The van der Waals surface area contributed by atoms with E-state index in [1.54, 1.807) is 18.2 Å². The van der Waals surface area contributed by atoms with E-state index < -0.39 is 0 Å². The summed E-state index contributed by atoms with van der Waals surface area (Å²) in [5.41, 5.74) is 0.719. The number of H-pyrrole nitrogens is 2. The van der Waals surface area contributed by atoms with Gasteiger partial charge in [0, 0.05) is 5.69 Å². The fourth-order valence-corrected chi connectivity index (χ4v) is 1.83. The average molecular weight is 320 g/mol. The molecule has 0 aliphatic heterocycles. The molecule has 9 heteroatoms. The van der Waals surface area contributed by atoms with Crippen molar-refractivity contribution in [2.75, 3.05) is 10.6 Å². The molecule has 94 valence electrons. The molecule has 0 aliphatic rings. The van der Waals surface area contributed by atoms with E-state index in [4.69, 9.17) is 47.6 Å². The predicted molar refractivity (Wildman–Crippen MR) is 80.1 cm³/mol. The smallest absolute Gasteiger partial charge is 0.224 e. The van der Waals surface area contributed by atoms with E-state index in [0.717, 1.165) is 5.69 Å². The molecule has 0 saturated carbocycles. The summed E-state index contributed by atoms with van der Waals surface area (Å²) in [5.74, 6) is 0.428. The quantitative estimate of drug-likeness (QED) is 0.637. The third kappa shape index (κ3) is 3.42. The van der Waals surface area contributed by atoms with Crippen LogP contribution < -0.4 is 10.6 Å². The standard InChI is InChI=1S/C9H7Cl2N5S2/c10-5-2-1-4(3-6(5)11)12-8(17)13-7-14-9(18)16-15-7/h1-3H,(H4,12,13,14,15,16,17,18). The monoisotopic (exact) mass is 319 g/mol. The van der Waals surface area contributed by atoms with Crippen LogP contribution in [0.25, 0.3) is 0 Å². The minimum absolute atomic E-state index is 0.342. The molecule has 5 nitrogen and oxygen atoms in total. The van der Waals surface area contributed by atoms with Crippen molar-refractivity contribution < 1.29 is 0 Å². The highest BCUT2D eigenvalue weighted by atomic mass is 35.5. The van der Waals surface area contributed by atoms with Crippen LogP contribution in [-0.2, 0) is 0 Å². The molecule has 18 heavy (non-hydrogen) atoms. The van der Waals surface area contributed by atoms with Gasteiger partial charge in [-0.1, -0.05) is 23.2 Å². The Labute approximate surface area is 123 Å². The van der Waals surface area contributed by atoms with Crippen molar-refractivity contribution in [1.82, 2.24) is 15.2 Å². The second kappa shape index (κ2) is 5.66. The molecule has 2 aromatic rings. The number of thiocarbonyl (C=S) groups is 1. The molecule has 0 saturated heterocycles. The number of hydrogen-bond donors (Lipinski definition) is 4. The summed E-state index contributed by atoms with van der Waals surface area (Å²) in [4.78, 5) is 3.94. The Hall–Kier alpha value is -1.15. The van der Waals surface area contributed by atoms with Crippen molar-refractivity contribution in [2.24, 2.45) is 0 Å². The van der Waals surface area contributed by atoms with Gasteiger partial charge in [0.05, 0.1) is 10.0 Å². The SMILES string of the molecule is S=C(Nc1ccc(Cl)c(Cl)c1)Nc1nc(=S)[nH][nH]1. The summed E-state index contributed by atoms with van der Waals surface area (Å²) in [6, 6.07) is 5.11. The van der Waals surface area contributed by atoms with Gasteiger partial charge in [-0.25, -0.2) is 0 Å². The van der Waals surface area contributed by atoms with Gasteiger partial charge >= 0.3 is 0 Å². The number of aromatic nitrogens is 3. The summed E-state index contributed by atoms with van der Waals surface area (Å²) < 4.78 is 0.342. The van der Waals surface area contributed by atoms with Crippen molar-refractivity contribution in [3.8, 4) is 0 Å². The minimum Gasteiger partial charge on any atom is -0.332 e. The summed E-state index contributed by atoms with van der Waals surface area (Å²) in [6.07, 6.45) is 0. The highest BCUT2D eigenvalue weighted by Crippen LogP contribution is 2.24. The number of halogens is 2. The molecular weight excluding hydrogens is 313 g/mol. The Morgan fingerprint density at radius 3 is 2.56 bits per heavy atom. The zero-order valence-electron chi connectivity index (χ0n) is 8.75.